The summed E-state index contributed by atoms with van der Waals surface area (Å²) in [6.07, 6.45) is 4.16. The Morgan fingerprint density at radius 1 is 1.22 bits per heavy atom. The molecule has 1 saturated heterocycles. The van der Waals surface area contributed by atoms with E-state index >= 15 is 0 Å². The Hall–Kier alpha value is -2.47. The molecule has 6 heteroatoms. The topological polar surface area (TPSA) is 72.1 Å². The largest absolute Gasteiger partial charge is 0.490 e. The standard InChI is InChI=1S/C21H27NO5/c1-3-25-17-11-10-15(14-19(17)26-4-2)20(18-9-7-13-27-18)22-12-6-5-8-16(22)21(23)24/h7,9-11,13-14,16,20H,3-6,8,12H2,1-2H3,(H,23,24). The van der Waals surface area contributed by atoms with Crippen molar-refractivity contribution in [2.24, 2.45) is 0 Å². The monoisotopic (exact) mass is 373 g/mol. The van der Waals surface area contributed by atoms with Gasteiger partial charge in [0.2, 0.25) is 0 Å². The molecular weight excluding hydrogens is 346 g/mol. The molecule has 0 spiro atoms. The fraction of sp³-hybridized carbons (Fsp3) is 0.476. The molecule has 3 rings (SSSR count). The first-order valence-electron chi connectivity index (χ1n) is 9.57. The molecule has 0 amide bonds. The minimum atomic E-state index is -0.790. The zero-order valence-electron chi connectivity index (χ0n) is 15.9. The average molecular weight is 373 g/mol. The van der Waals surface area contributed by atoms with Crippen LogP contribution in [0, 0.1) is 0 Å². The molecule has 146 valence electrons. The van der Waals surface area contributed by atoms with Crippen LogP contribution < -0.4 is 9.47 Å². The third-order valence-corrected chi connectivity index (χ3v) is 4.86. The second-order valence-corrected chi connectivity index (χ2v) is 6.58. The molecule has 1 N–H and O–H groups in total. The smallest absolute Gasteiger partial charge is 0.320 e. The molecule has 1 aromatic carbocycles. The zero-order chi connectivity index (χ0) is 19.2. The van der Waals surface area contributed by atoms with Crippen LogP contribution in [0.15, 0.2) is 41.0 Å². The first-order chi connectivity index (χ1) is 13.2. The summed E-state index contributed by atoms with van der Waals surface area (Å²) >= 11 is 0. The van der Waals surface area contributed by atoms with Crippen LogP contribution in [0.25, 0.3) is 0 Å². The number of aliphatic carboxylic acids is 1. The van der Waals surface area contributed by atoms with Gasteiger partial charge in [0.1, 0.15) is 11.8 Å². The fourth-order valence-electron chi connectivity index (χ4n) is 3.73. The lowest BCUT2D eigenvalue weighted by Gasteiger charge is -2.38. The quantitative estimate of drug-likeness (QED) is 0.751. The summed E-state index contributed by atoms with van der Waals surface area (Å²) in [6.45, 7) is 5.64. The normalized spacial score (nSPS) is 18.8. The van der Waals surface area contributed by atoms with Gasteiger partial charge in [-0.3, -0.25) is 9.69 Å². The summed E-state index contributed by atoms with van der Waals surface area (Å²) < 4.78 is 17.1. The number of rotatable bonds is 8. The Balaban J connectivity index is 2.03. The van der Waals surface area contributed by atoms with E-state index in [0.29, 0.717) is 37.7 Å². The molecule has 2 aromatic rings. The van der Waals surface area contributed by atoms with Crippen molar-refractivity contribution in [3.63, 3.8) is 0 Å². The summed E-state index contributed by atoms with van der Waals surface area (Å²) in [6, 6.07) is 8.71. The lowest BCUT2D eigenvalue weighted by Crippen LogP contribution is -2.46. The number of ether oxygens (including phenoxy) is 2. The van der Waals surface area contributed by atoms with Crippen molar-refractivity contribution in [1.82, 2.24) is 4.90 Å². The van der Waals surface area contributed by atoms with Crippen molar-refractivity contribution in [3.8, 4) is 11.5 Å². The van der Waals surface area contributed by atoms with Gasteiger partial charge < -0.3 is 19.0 Å². The summed E-state index contributed by atoms with van der Waals surface area (Å²) in [5.41, 5.74) is 0.935. The van der Waals surface area contributed by atoms with E-state index in [2.05, 4.69) is 0 Å². The number of hydrogen-bond donors (Lipinski definition) is 1. The average Bonchev–Trinajstić information content (AvgIpc) is 3.19. The van der Waals surface area contributed by atoms with E-state index in [9.17, 15) is 9.90 Å². The summed E-state index contributed by atoms with van der Waals surface area (Å²) in [5.74, 6) is 1.30. The number of hydrogen-bond acceptors (Lipinski definition) is 5. The molecule has 27 heavy (non-hydrogen) atoms. The Kier molecular flexibility index (Phi) is 6.40. The van der Waals surface area contributed by atoms with Crippen LogP contribution in [0.2, 0.25) is 0 Å². The second-order valence-electron chi connectivity index (χ2n) is 6.58. The second kappa shape index (κ2) is 8.95. The van der Waals surface area contributed by atoms with Crippen LogP contribution in [-0.4, -0.2) is 41.8 Å². The molecule has 0 saturated carbocycles. The molecule has 0 aliphatic carbocycles. The van der Waals surface area contributed by atoms with Crippen molar-refractivity contribution < 1.29 is 23.8 Å². The van der Waals surface area contributed by atoms with Crippen molar-refractivity contribution >= 4 is 5.97 Å². The molecule has 2 unspecified atom stereocenters. The van der Waals surface area contributed by atoms with Gasteiger partial charge in [0, 0.05) is 6.54 Å². The number of furan rings is 1. The number of benzene rings is 1. The van der Waals surface area contributed by atoms with Crippen molar-refractivity contribution in [2.45, 2.75) is 45.2 Å². The van der Waals surface area contributed by atoms with Gasteiger partial charge >= 0.3 is 5.97 Å². The summed E-state index contributed by atoms with van der Waals surface area (Å²) in [5, 5.41) is 9.74. The van der Waals surface area contributed by atoms with E-state index in [1.165, 1.54) is 0 Å². The first kappa shape index (κ1) is 19.3. The minimum Gasteiger partial charge on any atom is -0.490 e. The third-order valence-electron chi connectivity index (χ3n) is 4.86. The number of nitrogens with zero attached hydrogens (tertiary/aromatic N) is 1. The molecule has 2 atom stereocenters. The SMILES string of the molecule is CCOc1ccc(C(c2ccco2)N2CCCCC2C(=O)O)cc1OCC. The lowest BCUT2D eigenvalue weighted by molar-refractivity contribution is -0.145. The predicted octanol–water partition coefficient (Wildman–Crippen LogP) is 4.11. The Bertz CT molecular complexity index is 743. The van der Waals surface area contributed by atoms with Gasteiger partial charge in [0.15, 0.2) is 11.5 Å². The van der Waals surface area contributed by atoms with Crippen LogP contribution in [-0.2, 0) is 4.79 Å². The molecule has 1 aliphatic rings. The van der Waals surface area contributed by atoms with Crippen LogP contribution >= 0.6 is 0 Å². The summed E-state index contributed by atoms with van der Waals surface area (Å²) in [4.78, 5) is 13.9. The maximum atomic E-state index is 11.9. The van der Waals surface area contributed by atoms with Crippen LogP contribution in [0.4, 0.5) is 0 Å². The van der Waals surface area contributed by atoms with Gasteiger partial charge in [-0.2, -0.15) is 0 Å². The van der Waals surface area contributed by atoms with Gasteiger partial charge in [-0.1, -0.05) is 12.5 Å². The van der Waals surface area contributed by atoms with Gasteiger partial charge in [-0.15, -0.1) is 0 Å². The Morgan fingerprint density at radius 2 is 2.00 bits per heavy atom. The van der Waals surface area contributed by atoms with Gasteiger partial charge in [-0.25, -0.2) is 0 Å². The highest BCUT2D eigenvalue weighted by Gasteiger charge is 2.36. The molecule has 2 heterocycles. The Morgan fingerprint density at radius 3 is 2.67 bits per heavy atom. The number of piperidine rings is 1. The molecule has 1 aliphatic heterocycles. The van der Waals surface area contributed by atoms with E-state index in [4.69, 9.17) is 13.9 Å². The number of carboxylic acids is 1. The van der Waals surface area contributed by atoms with E-state index in [-0.39, 0.29) is 6.04 Å². The fourth-order valence-corrected chi connectivity index (χ4v) is 3.73. The van der Waals surface area contributed by atoms with E-state index in [1.807, 2.05) is 49.1 Å². The minimum absolute atomic E-state index is 0.281. The summed E-state index contributed by atoms with van der Waals surface area (Å²) in [7, 11) is 0. The predicted molar refractivity (Wildman–Crippen MR) is 101 cm³/mol. The van der Waals surface area contributed by atoms with Crippen molar-refractivity contribution in [2.75, 3.05) is 19.8 Å². The van der Waals surface area contributed by atoms with Crippen LogP contribution in [0.1, 0.15) is 50.5 Å². The third kappa shape index (κ3) is 4.27. The van der Waals surface area contributed by atoms with Gasteiger partial charge in [-0.05, 0) is 56.5 Å². The molecule has 0 bridgehead atoms. The molecule has 6 nitrogen and oxygen atoms in total. The van der Waals surface area contributed by atoms with Crippen molar-refractivity contribution in [1.29, 1.82) is 0 Å². The molecule has 1 aromatic heterocycles. The number of carboxylic acid groups (broad SMARTS) is 1. The van der Waals surface area contributed by atoms with E-state index in [0.717, 1.165) is 24.2 Å². The number of carbonyl (C=O) groups is 1. The maximum Gasteiger partial charge on any atom is 0.320 e. The zero-order valence-corrected chi connectivity index (χ0v) is 15.9. The molecule has 0 radical (unpaired) electrons. The number of likely N-dealkylation sites (tertiary alicyclic amines) is 1. The van der Waals surface area contributed by atoms with E-state index < -0.39 is 12.0 Å². The van der Waals surface area contributed by atoms with Crippen molar-refractivity contribution in [3.05, 3.63) is 47.9 Å². The first-order valence-corrected chi connectivity index (χ1v) is 9.57. The lowest BCUT2D eigenvalue weighted by atomic mass is 9.94. The highest BCUT2D eigenvalue weighted by atomic mass is 16.5. The highest BCUT2D eigenvalue weighted by Crippen LogP contribution is 2.38. The van der Waals surface area contributed by atoms with Crippen LogP contribution in [0.3, 0.4) is 0 Å². The van der Waals surface area contributed by atoms with Gasteiger partial charge in [0.25, 0.3) is 0 Å². The molecular formula is C21H27NO5. The Labute approximate surface area is 159 Å². The van der Waals surface area contributed by atoms with Crippen LogP contribution in [0.5, 0.6) is 11.5 Å². The molecule has 1 fully saturated rings. The maximum absolute atomic E-state index is 11.9. The van der Waals surface area contributed by atoms with E-state index in [1.54, 1.807) is 6.26 Å². The highest BCUT2D eigenvalue weighted by molar-refractivity contribution is 5.73. The van der Waals surface area contributed by atoms with Gasteiger partial charge in [0.05, 0.1) is 25.5 Å².